The van der Waals surface area contributed by atoms with E-state index in [1.165, 1.54) is 9.87 Å². The second-order valence-electron chi connectivity index (χ2n) is 6.37. The van der Waals surface area contributed by atoms with Crippen molar-refractivity contribution in [3.63, 3.8) is 0 Å². The van der Waals surface area contributed by atoms with Crippen LogP contribution in [-0.4, -0.2) is 20.1 Å². The van der Waals surface area contributed by atoms with Crippen molar-refractivity contribution >= 4 is 27.3 Å². The topological polar surface area (TPSA) is 57.6 Å². The number of sulfonamides is 1. The van der Waals surface area contributed by atoms with Crippen LogP contribution in [0.2, 0.25) is 5.02 Å². The third-order valence-electron chi connectivity index (χ3n) is 4.88. The van der Waals surface area contributed by atoms with E-state index in [9.17, 15) is 13.5 Å². The molecule has 24 heavy (non-hydrogen) atoms. The lowest BCUT2D eigenvalue weighted by atomic mass is 10.0. The first-order valence-electron chi connectivity index (χ1n) is 8.09. The van der Waals surface area contributed by atoms with Crippen molar-refractivity contribution < 1.29 is 13.5 Å². The molecule has 2 aromatic carbocycles. The number of nitrogens with zero attached hydrogens (tertiary/aromatic N) is 1. The summed E-state index contributed by atoms with van der Waals surface area (Å²) in [5.74, 6) is 0. The van der Waals surface area contributed by atoms with E-state index in [1.807, 2.05) is 6.07 Å². The first kappa shape index (κ1) is 15.9. The van der Waals surface area contributed by atoms with Gasteiger partial charge in [-0.2, -0.15) is 0 Å². The predicted octanol–water partition coefficient (Wildman–Crippen LogP) is 3.46. The second kappa shape index (κ2) is 5.76. The number of aliphatic hydroxyl groups is 1. The first-order chi connectivity index (χ1) is 11.5. The molecule has 0 amide bonds. The van der Waals surface area contributed by atoms with E-state index in [4.69, 9.17) is 11.6 Å². The minimum absolute atomic E-state index is 0.259. The molecule has 1 aliphatic carbocycles. The summed E-state index contributed by atoms with van der Waals surface area (Å²) >= 11 is 6.01. The molecule has 1 N–H and O–H groups in total. The number of benzene rings is 2. The average molecular weight is 364 g/mol. The minimum atomic E-state index is -3.65. The van der Waals surface area contributed by atoms with Gasteiger partial charge in [0.1, 0.15) is 0 Å². The molecule has 6 heteroatoms. The van der Waals surface area contributed by atoms with Gasteiger partial charge in [0, 0.05) is 17.1 Å². The van der Waals surface area contributed by atoms with Gasteiger partial charge in [-0.25, -0.2) is 8.42 Å². The number of anilines is 1. The van der Waals surface area contributed by atoms with Gasteiger partial charge in [0.15, 0.2) is 0 Å². The van der Waals surface area contributed by atoms with Crippen LogP contribution >= 0.6 is 11.6 Å². The molecule has 0 fully saturated rings. The maximum Gasteiger partial charge on any atom is 0.264 e. The summed E-state index contributed by atoms with van der Waals surface area (Å²) < 4.78 is 27.7. The van der Waals surface area contributed by atoms with Crippen LogP contribution in [0, 0.1) is 0 Å². The molecule has 126 valence electrons. The highest BCUT2D eigenvalue weighted by molar-refractivity contribution is 7.92. The number of fused-ring (bicyclic) bond motifs is 2. The zero-order valence-corrected chi connectivity index (χ0v) is 14.6. The number of aryl methyl sites for hydroxylation is 2. The molecule has 2 aliphatic rings. The molecule has 0 spiro atoms. The fraction of sp³-hybridized carbons (Fsp3) is 0.333. The molecule has 2 aromatic rings. The van der Waals surface area contributed by atoms with E-state index in [2.05, 4.69) is 0 Å². The lowest BCUT2D eigenvalue weighted by molar-refractivity contribution is 0.166. The number of rotatable bonds is 2. The predicted molar refractivity (Wildman–Crippen MR) is 94.0 cm³/mol. The molecule has 0 radical (unpaired) electrons. The van der Waals surface area contributed by atoms with Crippen LogP contribution < -0.4 is 4.31 Å². The Balaban J connectivity index is 1.80. The SMILES string of the molecule is O=S(=O)(c1ccc2c(c1)CCC2)N1CCC(O)c2cc(Cl)ccc21. The molecule has 0 bridgehead atoms. The number of hydrogen-bond donors (Lipinski definition) is 1. The Morgan fingerprint density at radius 2 is 1.88 bits per heavy atom. The molecule has 4 nitrogen and oxygen atoms in total. The number of hydrogen-bond acceptors (Lipinski definition) is 3. The maximum absolute atomic E-state index is 13.2. The van der Waals surface area contributed by atoms with Crippen molar-refractivity contribution in [2.45, 2.75) is 36.7 Å². The third kappa shape index (κ3) is 2.51. The smallest absolute Gasteiger partial charge is 0.264 e. The maximum atomic E-state index is 13.2. The van der Waals surface area contributed by atoms with E-state index in [0.717, 1.165) is 24.8 Å². The largest absolute Gasteiger partial charge is 0.388 e. The summed E-state index contributed by atoms with van der Waals surface area (Å²) in [6.45, 7) is 0.259. The van der Waals surface area contributed by atoms with Gasteiger partial charge in [0.25, 0.3) is 10.0 Å². The Morgan fingerprint density at radius 3 is 2.71 bits per heavy atom. The monoisotopic (exact) mass is 363 g/mol. The lowest BCUT2D eigenvalue weighted by Crippen LogP contribution is -2.36. The van der Waals surface area contributed by atoms with Crippen molar-refractivity contribution in [2.75, 3.05) is 10.8 Å². The van der Waals surface area contributed by atoms with E-state index in [-0.39, 0.29) is 6.54 Å². The van der Waals surface area contributed by atoms with Crippen molar-refractivity contribution in [3.8, 4) is 0 Å². The molecule has 1 atom stereocenters. The molecule has 4 rings (SSSR count). The van der Waals surface area contributed by atoms with Crippen molar-refractivity contribution in [3.05, 3.63) is 58.1 Å². The zero-order chi connectivity index (χ0) is 16.9. The fourth-order valence-corrected chi connectivity index (χ4v) is 5.36. The highest BCUT2D eigenvalue weighted by Crippen LogP contribution is 2.39. The molecule has 0 aromatic heterocycles. The Labute approximate surface area is 146 Å². The highest BCUT2D eigenvalue weighted by atomic mass is 35.5. The summed E-state index contributed by atoms with van der Waals surface area (Å²) in [6, 6.07) is 10.4. The third-order valence-corrected chi connectivity index (χ3v) is 6.93. The summed E-state index contributed by atoms with van der Waals surface area (Å²) in [7, 11) is -3.65. The summed E-state index contributed by atoms with van der Waals surface area (Å²) in [4.78, 5) is 0.320. The average Bonchev–Trinajstić information content (AvgIpc) is 3.03. The summed E-state index contributed by atoms with van der Waals surface area (Å²) in [6.07, 6.45) is 2.70. The van der Waals surface area contributed by atoms with E-state index in [1.54, 1.807) is 30.3 Å². The van der Waals surface area contributed by atoms with Gasteiger partial charge in [-0.15, -0.1) is 0 Å². The van der Waals surface area contributed by atoms with Crippen LogP contribution in [0.5, 0.6) is 0 Å². The van der Waals surface area contributed by atoms with Crippen LogP contribution in [0.3, 0.4) is 0 Å². The molecule has 0 saturated carbocycles. The molecule has 1 unspecified atom stereocenters. The van der Waals surface area contributed by atoms with Crippen LogP contribution in [0.4, 0.5) is 5.69 Å². The first-order valence-corrected chi connectivity index (χ1v) is 9.91. The van der Waals surface area contributed by atoms with Crippen molar-refractivity contribution in [1.29, 1.82) is 0 Å². The lowest BCUT2D eigenvalue weighted by Gasteiger charge is -2.33. The van der Waals surface area contributed by atoms with Crippen molar-refractivity contribution in [1.82, 2.24) is 0 Å². The molecule has 1 aliphatic heterocycles. The summed E-state index contributed by atoms with van der Waals surface area (Å²) in [5.41, 5.74) is 3.46. The van der Waals surface area contributed by atoms with Crippen LogP contribution in [-0.2, 0) is 22.9 Å². The Morgan fingerprint density at radius 1 is 1.08 bits per heavy atom. The van der Waals surface area contributed by atoms with Gasteiger partial charge in [-0.1, -0.05) is 17.7 Å². The molecular weight excluding hydrogens is 346 g/mol. The molecule has 1 heterocycles. The van der Waals surface area contributed by atoms with Gasteiger partial charge in [-0.3, -0.25) is 4.31 Å². The van der Waals surface area contributed by atoms with Gasteiger partial charge in [-0.05, 0) is 67.1 Å². The van der Waals surface area contributed by atoms with Crippen LogP contribution in [0.15, 0.2) is 41.3 Å². The Bertz CT molecular complexity index is 910. The molecule has 0 saturated heterocycles. The second-order valence-corrected chi connectivity index (χ2v) is 8.67. The quantitative estimate of drug-likeness (QED) is 0.888. The zero-order valence-electron chi connectivity index (χ0n) is 13.1. The van der Waals surface area contributed by atoms with Crippen LogP contribution in [0.25, 0.3) is 0 Å². The normalized spacial score (nSPS) is 19.9. The number of halogens is 1. The fourth-order valence-electron chi connectivity index (χ4n) is 3.62. The number of aliphatic hydroxyl groups excluding tert-OH is 1. The van der Waals surface area contributed by atoms with E-state index in [0.29, 0.717) is 27.6 Å². The summed E-state index contributed by atoms with van der Waals surface area (Å²) in [5, 5.41) is 10.7. The Kier molecular flexibility index (Phi) is 3.82. The van der Waals surface area contributed by atoms with Crippen LogP contribution in [0.1, 0.15) is 35.6 Å². The molecular formula is C18H18ClNO3S. The van der Waals surface area contributed by atoms with Crippen molar-refractivity contribution in [2.24, 2.45) is 0 Å². The Hall–Kier alpha value is -1.56. The minimum Gasteiger partial charge on any atom is -0.388 e. The van der Waals surface area contributed by atoms with E-state index >= 15 is 0 Å². The highest BCUT2D eigenvalue weighted by Gasteiger charge is 2.33. The van der Waals surface area contributed by atoms with Gasteiger partial charge < -0.3 is 5.11 Å². The van der Waals surface area contributed by atoms with Gasteiger partial charge >= 0.3 is 0 Å². The standard InChI is InChI=1S/C18H18ClNO3S/c19-14-5-7-17-16(11-14)18(21)8-9-20(17)24(22,23)15-6-4-12-2-1-3-13(12)10-15/h4-7,10-11,18,21H,1-3,8-9H2. The van der Waals surface area contributed by atoms with Gasteiger partial charge in [0.2, 0.25) is 0 Å². The van der Waals surface area contributed by atoms with Gasteiger partial charge in [0.05, 0.1) is 16.7 Å². The van der Waals surface area contributed by atoms with E-state index < -0.39 is 16.1 Å².